The molecule has 4 nitrogen and oxygen atoms in total. The van der Waals surface area contributed by atoms with E-state index < -0.39 is 0 Å². The summed E-state index contributed by atoms with van der Waals surface area (Å²) in [5.41, 5.74) is 7.52. The molecular formula is C10H17N3O. The first-order chi connectivity index (χ1) is 6.72. The van der Waals surface area contributed by atoms with Crippen LogP contribution in [0.2, 0.25) is 0 Å². The molecule has 1 heterocycles. The van der Waals surface area contributed by atoms with E-state index in [9.17, 15) is 0 Å². The van der Waals surface area contributed by atoms with Crippen molar-refractivity contribution < 1.29 is 4.74 Å². The molecule has 1 aromatic heterocycles. The first-order valence-corrected chi connectivity index (χ1v) is 5.03. The van der Waals surface area contributed by atoms with Gasteiger partial charge < -0.3 is 10.5 Å². The fraction of sp³-hybridized carbons (Fsp3) is 0.700. The Kier molecular flexibility index (Phi) is 2.46. The molecular weight excluding hydrogens is 178 g/mol. The number of hydrogen-bond acceptors (Lipinski definition) is 3. The number of nitrogen functional groups attached to an aromatic ring is 1. The Labute approximate surface area is 84.0 Å². The monoisotopic (exact) mass is 195 g/mol. The lowest BCUT2D eigenvalue weighted by Crippen LogP contribution is -2.22. The predicted octanol–water partition coefficient (Wildman–Crippen LogP) is 1.20. The Hall–Kier alpha value is -1.03. The van der Waals surface area contributed by atoms with Crippen LogP contribution in [-0.4, -0.2) is 23.0 Å². The van der Waals surface area contributed by atoms with Crippen molar-refractivity contribution >= 4 is 5.69 Å². The maximum absolute atomic E-state index is 5.73. The summed E-state index contributed by atoms with van der Waals surface area (Å²) in [4.78, 5) is 0. The number of nitrogens with zero attached hydrogens (tertiary/aromatic N) is 2. The van der Waals surface area contributed by atoms with Crippen molar-refractivity contribution in [1.29, 1.82) is 0 Å². The molecule has 1 aromatic rings. The van der Waals surface area contributed by atoms with Crippen molar-refractivity contribution in [2.45, 2.75) is 32.4 Å². The van der Waals surface area contributed by atoms with Crippen LogP contribution in [0.1, 0.15) is 18.5 Å². The minimum atomic E-state index is 0.299. The number of rotatable bonds is 4. The second-order valence-electron chi connectivity index (χ2n) is 3.98. The molecule has 1 aliphatic rings. The van der Waals surface area contributed by atoms with E-state index in [4.69, 9.17) is 10.5 Å². The molecule has 1 fully saturated rings. The molecule has 0 saturated heterocycles. The van der Waals surface area contributed by atoms with Crippen LogP contribution in [0.5, 0.6) is 0 Å². The largest absolute Gasteiger partial charge is 0.396 e. The van der Waals surface area contributed by atoms with E-state index in [0.717, 1.165) is 23.8 Å². The van der Waals surface area contributed by atoms with Gasteiger partial charge in [-0.15, -0.1) is 0 Å². The lowest BCUT2D eigenvalue weighted by molar-refractivity contribution is 0.0664. The van der Waals surface area contributed by atoms with Crippen LogP contribution in [0.3, 0.4) is 0 Å². The first-order valence-electron chi connectivity index (χ1n) is 5.03. The molecule has 1 saturated carbocycles. The number of nitrogens with two attached hydrogens (primary N) is 1. The van der Waals surface area contributed by atoms with Crippen molar-refractivity contribution in [3.05, 3.63) is 11.9 Å². The summed E-state index contributed by atoms with van der Waals surface area (Å²) in [5, 5.41) is 4.22. The average Bonchev–Trinajstić information content (AvgIpc) is 2.96. The molecule has 1 atom stereocenters. The molecule has 2 N–H and O–H groups in total. The lowest BCUT2D eigenvalue weighted by atomic mass is 10.2. The Morgan fingerprint density at radius 2 is 2.43 bits per heavy atom. The van der Waals surface area contributed by atoms with Gasteiger partial charge in [0.05, 0.1) is 30.2 Å². The Bertz CT molecular complexity index is 317. The maximum atomic E-state index is 5.73. The average molecular weight is 195 g/mol. The van der Waals surface area contributed by atoms with Crippen LogP contribution in [0.15, 0.2) is 6.20 Å². The van der Waals surface area contributed by atoms with Crippen molar-refractivity contribution in [3.63, 3.8) is 0 Å². The molecule has 0 aliphatic heterocycles. The third kappa shape index (κ3) is 1.75. The van der Waals surface area contributed by atoms with E-state index >= 15 is 0 Å². The van der Waals surface area contributed by atoms with E-state index in [0.29, 0.717) is 6.10 Å². The number of ether oxygens (including phenoxy) is 1. The zero-order valence-electron chi connectivity index (χ0n) is 8.73. The SMILES string of the molecule is COC(Cn1ncc(N)c1C)C1CC1. The molecule has 1 unspecified atom stereocenters. The Balaban J connectivity index is 2.04. The van der Waals surface area contributed by atoms with Crippen LogP contribution in [0.4, 0.5) is 5.69 Å². The summed E-state index contributed by atoms with van der Waals surface area (Å²) in [7, 11) is 1.77. The van der Waals surface area contributed by atoms with Gasteiger partial charge in [-0.05, 0) is 25.7 Å². The Morgan fingerprint density at radius 1 is 1.71 bits per heavy atom. The van der Waals surface area contributed by atoms with Crippen molar-refractivity contribution in [1.82, 2.24) is 9.78 Å². The summed E-state index contributed by atoms with van der Waals surface area (Å²) >= 11 is 0. The van der Waals surface area contributed by atoms with Gasteiger partial charge in [-0.1, -0.05) is 0 Å². The fourth-order valence-corrected chi connectivity index (χ4v) is 1.70. The van der Waals surface area contributed by atoms with E-state index in [1.54, 1.807) is 13.3 Å². The highest BCUT2D eigenvalue weighted by atomic mass is 16.5. The van der Waals surface area contributed by atoms with E-state index in [1.807, 2.05) is 11.6 Å². The third-order valence-electron chi connectivity index (χ3n) is 2.94. The van der Waals surface area contributed by atoms with Gasteiger partial charge in [0.1, 0.15) is 0 Å². The zero-order chi connectivity index (χ0) is 10.1. The minimum absolute atomic E-state index is 0.299. The fourth-order valence-electron chi connectivity index (χ4n) is 1.70. The van der Waals surface area contributed by atoms with Crippen molar-refractivity contribution in [2.24, 2.45) is 5.92 Å². The molecule has 78 valence electrons. The molecule has 1 aliphatic carbocycles. The smallest absolute Gasteiger partial charge is 0.0795 e. The molecule has 0 bridgehead atoms. The normalized spacial score (nSPS) is 18.4. The molecule has 14 heavy (non-hydrogen) atoms. The van der Waals surface area contributed by atoms with Gasteiger partial charge >= 0.3 is 0 Å². The predicted molar refractivity (Wildman–Crippen MR) is 54.9 cm³/mol. The van der Waals surface area contributed by atoms with Crippen LogP contribution in [0, 0.1) is 12.8 Å². The second-order valence-corrected chi connectivity index (χ2v) is 3.98. The highest BCUT2D eigenvalue weighted by Gasteiger charge is 2.31. The topological polar surface area (TPSA) is 53.1 Å². The van der Waals surface area contributed by atoms with E-state index in [-0.39, 0.29) is 0 Å². The summed E-state index contributed by atoms with van der Waals surface area (Å²) in [5.74, 6) is 0.727. The van der Waals surface area contributed by atoms with Gasteiger partial charge in [0.2, 0.25) is 0 Å². The first kappa shape index (κ1) is 9.52. The zero-order valence-corrected chi connectivity index (χ0v) is 8.73. The quantitative estimate of drug-likeness (QED) is 0.785. The number of aromatic nitrogens is 2. The molecule has 4 heteroatoms. The van der Waals surface area contributed by atoms with Crippen LogP contribution in [-0.2, 0) is 11.3 Å². The lowest BCUT2D eigenvalue weighted by Gasteiger charge is -2.15. The number of anilines is 1. The van der Waals surface area contributed by atoms with Gasteiger partial charge in [0, 0.05) is 7.11 Å². The van der Waals surface area contributed by atoms with Crippen LogP contribution < -0.4 is 5.73 Å². The summed E-state index contributed by atoms with van der Waals surface area (Å²) < 4.78 is 7.37. The summed E-state index contributed by atoms with van der Waals surface area (Å²) in [6.45, 7) is 2.81. The third-order valence-corrected chi connectivity index (χ3v) is 2.94. The molecule has 0 aromatic carbocycles. The summed E-state index contributed by atoms with van der Waals surface area (Å²) in [6, 6.07) is 0. The standard InChI is InChI=1S/C10H17N3O/c1-7-9(11)5-12-13(7)6-10(14-2)8-3-4-8/h5,8,10H,3-4,6,11H2,1-2H3. The van der Waals surface area contributed by atoms with Gasteiger partial charge in [0.25, 0.3) is 0 Å². The van der Waals surface area contributed by atoms with Crippen molar-refractivity contribution in [3.8, 4) is 0 Å². The highest BCUT2D eigenvalue weighted by Crippen LogP contribution is 2.34. The number of methoxy groups -OCH3 is 1. The Morgan fingerprint density at radius 3 is 2.86 bits per heavy atom. The number of hydrogen-bond donors (Lipinski definition) is 1. The van der Waals surface area contributed by atoms with Gasteiger partial charge in [-0.2, -0.15) is 5.10 Å². The van der Waals surface area contributed by atoms with E-state index in [2.05, 4.69) is 5.10 Å². The van der Waals surface area contributed by atoms with Gasteiger partial charge in [0.15, 0.2) is 0 Å². The minimum Gasteiger partial charge on any atom is -0.396 e. The molecule has 2 rings (SSSR count). The molecule has 0 spiro atoms. The van der Waals surface area contributed by atoms with Crippen LogP contribution in [0.25, 0.3) is 0 Å². The highest BCUT2D eigenvalue weighted by molar-refractivity contribution is 5.39. The molecule has 0 radical (unpaired) electrons. The second kappa shape index (κ2) is 3.61. The van der Waals surface area contributed by atoms with Crippen LogP contribution >= 0.6 is 0 Å². The van der Waals surface area contributed by atoms with E-state index in [1.165, 1.54) is 12.8 Å². The van der Waals surface area contributed by atoms with Crippen molar-refractivity contribution in [2.75, 3.05) is 12.8 Å². The summed E-state index contributed by atoms with van der Waals surface area (Å²) in [6.07, 6.45) is 4.57. The van der Waals surface area contributed by atoms with Gasteiger partial charge in [-0.25, -0.2) is 0 Å². The van der Waals surface area contributed by atoms with Gasteiger partial charge in [-0.3, -0.25) is 4.68 Å². The molecule has 0 amide bonds. The maximum Gasteiger partial charge on any atom is 0.0795 e.